The van der Waals surface area contributed by atoms with Crippen LogP contribution in [-0.4, -0.2) is 51.6 Å². The first-order valence-electron chi connectivity index (χ1n) is 8.34. The molecule has 148 valence electrons. The van der Waals surface area contributed by atoms with Crippen molar-refractivity contribution in [2.45, 2.75) is 17.5 Å². The molecular formula is C17H17F2N5O3S. The predicted octanol–water partition coefficient (Wildman–Crippen LogP) is 0.624. The number of primary sulfonamides is 1. The predicted molar refractivity (Wildman–Crippen MR) is 98.0 cm³/mol. The van der Waals surface area contributed by atoms with Gasteiger partial charge in [0.05, 0.1) is 30.1 Å². The van der Waals surface area contributed by atoms with Crippen LogP contribution in [0.5, 0.6) is 0 Å². The number of benzene rings is 1. The van der Waals surface area contributed by atoms with Crippen molar-refractivity contribution in [3.63, 3.8) is 0 Å². The fourth-order valence-corrected chi connectivity index (χ4v) is 3.84. The molecule has 1 unspecified atom stereocenters. The normalized spacial score (nSPS) is 21.6. The fourth-order valence-electron chi connectivity index (χ4n) is 3.31. The van der Waals surface area contributed by atoms with Crippen LogP contribution in [0.15, 0.2) is 50.2 Å². The molecule has 4 rings (SSSR count). The van der Waals surface area contributed by atoms with Gasteiger partial charge < -0.3 is 10.1 Å². The van der Waals surface area contributed by atoms with Gasteiger partial charge in [-0.15, -0.1) is 0 Å². The number of ether oxygens (including phenoxy) is 1. The Morgan fingerprint density at radius 1 is 1.36 bits per heavy atom. The zero-order valence-electron chi connectivity index (χ0n) is 14.8. The molecule has 3 heterocycles. The minimum Gasteiger partial charge on any atom is -0.481 e. The summed E-state index contributed by atoms with van der Waals surface area (Å²) in [5, 5.41) is 8.11. The van der Waals surface area contributed by atoms with Crippen LogP contribution >= 0.6 is 0 Å². The number of nitrogens with one attached hydrogen (secondary N) is 1. The van der Waals surface area contributed by atoms with Gasteiger partial charge in [0.15, 0.2) is 0 Å². The molecule has 1 atom stereocenters. The molecule has 0 fully saturated rings. The maximum absolute atomic E-state index is 14.4. The molecule has 1 aromatic carbocycles. The lowest BCUT2D eigenvalue weighted by atomic mass is 9.98. The lowest BCUT2D eigenvalue weighted by molar-refractivity contribution is 0.257. The first kappa shape index (κ1) is 18.7. The second kappa shape index (κ2) is 6.76. The Hall–Kier alpha value is -2.63. The van der Waals surface area contributed by atoms with Crippen molar-refractivity contribution in [3.05, 3.63) is 52.6 Å². The van der Waals surface area contributed by atoms with E-state index in [1.807, 2.05) is 0 Å². The molecule has 28 heavy (non-hydrogen) atoms. The van der Waals surface area contributed by atoms with Gasteiger partial charge in [0.1, 0.15) is 17.7 Å². The molecule has 3 aliphatic rings. The van der Waals surface area contributed by atoms with Crippen LogP contribution < -0.4 is 10.5 Å². The highest BCUT2D eigenvalue weighted by molar-refractivity contribution is 7.89. The highest BCUT2D eigenvalue weighted by Crippen LogP contribution is 2.27. The summed E-state index contributed by atoms with van der Waals surface area (Å²) in [4.78, 5) is 10.00. The van der Waals surface area contributed by atoms with E-state index in [1.165, 1.54) is 7.11 Å². The SMILES string of the molecule is COC1=CC2N=CC3=C(CN(Cc4c(F)cc(S(N)(=O)=O)cc4F)CN3)C2=N1. The minimum absolute atomic E-state index is 0.0635. The van der Waals surface area contributed by atoms with E-state index < -0.39 is 26.6 Å². The number of dihydropyridines is 1. The topological polar surface area (TPSA) is 109 Å². The number of sulfonamides is 1. The Balaban J connectivity index is 1.58. The second-order valence-corrected chi connectivity index (χ2v) is 8.12. The average Bonchev–Trinajstić information content (AvgIpc) is 3.07. The number of nitrogens with zero attached hydrogens (tertiary/aromatic N) is 3. The number of nitrogens with two attached hydrogens (primary N) is 1. The maximum Gasteiger partial charge on any atom is 0.238 e. The standard InChI is InChI=1S/C17H17F2N5O3S/c1-27-16-4-14-17(23-16)11-7-24(8-22-15(11)5-21-14)6-10-12(18)2-9(3-13(10)19)28(20,25)26/h2-5,14,22H,6-8H2,1H3,(H2,20,25,26). The molecule has 0 radical (unpaired) electrons. The van der Waals surface area contributed by atoms with Gasteiger partial charge in [0, 0.05) is 36.5 Å². The van der Waals surface area contributed by atoms with E-state index in [9.17, 15) is 17.2 Å². The second-order valence-electron chi connectivity index (χ2n) is 6.55. The van der Waals surface area contributed by atoms with E-state index in [-0.39, 0.29) is 18.2 Å². The fraction of sp³-hybridized carbons (Fsp3) is 0.294. The lowest BCUT2D eigenvalue weighted by Crippen LogP contribution is -2.45. The summed E-state index contributed by atoms with van der Waals surface area (Å²) in [6.07, 6.45) is 3.51. The maximum atomic E-state index is 14.4. The van der Waals surface area contributed by atoms with Crippen LogP contribution in [0, 0.1) is 11.6 Å². The zero-order chi connectivity index (χ0) is 20.1. The van der Waals surface area contributed by atoms with Crippen LogP contribution in [0.4, 0.5) is 8.78 Å². The van der Waals surface area contributed by atoms with Crippen molar-refractivity contribution in [1.29, 1.82) is 0 Å². The van der Waals surface area contributed by atoms with Crippen LogP contribution in [0.2, 0.25) is 0 Å². The molecule has 0 saturated heterocycles. The molecule has 0 spiro atoms. The van der Waals surface area contributed by atoms with Gasteiger partial charge in [-0.2, -0.15) is 0 Å². The smallest absolute Gasteiger partial charge is 0.238 e. The molecule has 1 aromatic rings. The highest BCUT2D eigenvalue weighted by atomic mass is 32.2. The Morgan fingerprint density at radius 2 is 2.07 bits per heavy atom. The quantitative estimate of drug-likeness (QED) is 0.758. The zero-order valence-corrected chi connectivity index (χ0v) is 15.6. The summed E-state index contributed by atoms with van der Waals surface area (Å²) < 4.78 is 56.5. The molecular weight excluding hydrogens is 392 g/mol. The first-order chi connectivity index (χ1) is 13.3. The number of hydrogen-bond donors (Lipinski definition) is 2. The molecule has 0 aromatic heterocycles. The summed E-state index contributed by atoms with van der Waals surface area (Å²) in [5.74, 6) is -1.46. The van der Waals surface area contributed by atoms with Crippen LogP contribution in [0.1, 0.15) is 5.56 Å². The van der Waals surface area contributed by atoms with Gasteiger partial charge in [0.25, 0.3) is 0 Å². The molecule has 0 saturated carbocycles. The number of hydrogen-bond acceptors (Lipinski definition) is 7. The van der Waals surface area contributed by atoms with Gasteiger partial charge in [-0.3, -0.25) is 9.89 Å². The molecule has 0 amide bonds. The molecule has 0 aliphatic carbocycles. The molecule has 11 heteroatoms. The van der Waals surface area contributed by atoms with Gasteiger partial charge in [-0.05, 0) is 12.1 Å². The van der Waals surface area contributed by atoms with Crippen molar-refractivity contribution in [2.24, 2.45) is 15.1 Å². The van der Waals surface area contributed by atoms with Crippen molar-refractivity contribution >= 4 is 21.9 Å². The molecule has 3 aliphatic heterocycles. The van der Waals surface area contributed by atoms with Gasteiger partial charge in [-0.1, -0.05) is 0 Å². The lowest BCUT2D eigenvalue weighted by Gasteiger charge is -2.33. The van der Waals surface area contributed by atoms with Crippen LogP contribution in [0.25, 0.3) is 0 Å². The molecule has 3 N–H and O–H groups in total. The van der Waals surface area contributed by atoms with E-state index in [4.69, 9.17) is 9.88 Å². The van der Waals surface area contributed by atoms with Crippen LogP contribution in [0.3, 0.4) is 0 Å². The van der Waals surface area contributed by atoms with Crippen molar-refractivity contribution in [1.82, 2.24) is 10.2 Å². The number of halogens is 2. The Bertz CT molecular complexity index is 1060. The summed E-state index contributed by atoms with van der Waals surface area (Å²) in [6, 6.07) is 1.22. The van der Waals surface area contributed by atoms with Crippen molar-refractivity contribution in [3.8, 4) is 0 Å². The van der Waals surface area contributed by atoms with Gasteiger partial charge in [0.2, 0.25) is 15.9 Å². The largest absolute Gasteiger partial charge is 0.481 e. The number of methoxy groups -OCH3 is 1. The van der Waals surface area contributed by atoms with E-state index in [2.05, 4.69) is 15.3 Å². The van der Waals surface area contributed by atoms with Crippen molar-refractivity contribution < 1.29 is 21.9 Å². The number of rotatable bonds is 4. The Kier molecular flexibility index (Phi) is 4.52. The molecule has 8 nitrogen and oxygen atoms in total. The summed E-state index contributed by atoms with van der Waals surface area (Å²) >= 11 is 0. The third kappa shape index (κ3) is 3.32. The monoisotopic (exact) mass is 409 g/mol. The molecule has 0 bridgehead atoms. The Labute approximate surface area is 160 Å². The van der Waals surface area contributed by atoms with E-state index >= 15 is 0 Å². The van der Waals surface area contributed by atoms with Crippen LogP contribution in [-0.2, 0) is 21.3 Å². The summed E-state index contributed by atoms with van der Waals surface area (Å²) in [7, 11) is -2.67. The van der Waals surface area contributed by atoms with Gasteiger partial charge in [-0.25, -0.2) is 27.3 Å². The Morgan fingerprint density at radius 3 is 2.71 bits per heavy atom. The van der Waals surface area contributed by atoms with E-state index in [0.29, 0.717) is 19.1 Å². The number of aliphatic imine (C=N–C) groups is 2. The van der Waals surface area contributed by atoms with Gasteiger partial charge >= 0.3 is 0 Å². The number of allylic oxidation sites excluding steroid dienone is 1. The first-order valence-corrected chi connectivity index (χ1v) is 9.89. The highest BCUT2D eigenvalue weighted by Gasteiger charge is 2.32. The third-order valence-corrected chi connectivity index (χ3v) is 5.61. The van der Waals surface area contributed by atoms with E-state index in [1.54, 1.807) is 17.2 Å². The van der Waals surface area contributed by atoms with E-state index in [0.717, 1.165) is 29.1 Å². The summed E-state index contributed by atoms with van der Waals surface area (Å²) in [6.45, 7) is 0.666. The van der Waals surface area contributed by atoms with Crippen molar-refractivity contribution in [2.75, 3.05) is 20.3 Å². The minimum atomic E-state index is -4.19. The summed E-state index contributed by atoms with van der Waals surface area (Å²) in [5.41, 5.74) is 2.18. The third-order valence-electron chi connectivity index (χ3n) is 4.72. The average molecular weight is 409 g/mol. The number of fused-ring (bicyclic) bond motifs is 2.